The highest BCUT2D eigenvalue weighted by molar-refractivity contribution is 7.26. The number of hydrogen-bond acceptors (Lipinski definition) is 3. The van der Waals surface area contributed by atoms with Gasteiger partial charge in [0.25, 0.3) is 0 Å². The van der Waals surface area contributed by atoms with E-state index in [0.717, 1.165) is 35.6 Å². The fraction of sp³-hybridized carbons (Fsp3) is 0.0364. The van der Waals surface area contributed by atoms with Crippen molar-refractivity contribution < 1.29 is 0 Å². The van der Waals surface area contributed by atoms with Crippen LogP contribution in [0.3, 0.4) is 0 Å². The SMILES string of the molecule is c1ccc(C2=Nc3cc(-c4ccc5c(c4)Cc4cc(-c6ccc(N(c7ccccc7)c7cccc8sc9ccccc9c78)cc6)c6ccccc6c4-5)ccc3C2)cc1. The van der Waals surface area contributed by atoms with E-state index in [-0.39, 0.29) is 0 Å². The third-order valence-electron chi connectivity index (χ3n) is 12.1. The molecule has 58 heavy (non-hydrogen) atoms. The first-order chi connectivity index (χ1) is 28.7. The van der Waals surface area contributed by atoms with Gasteiger partial charge in [-0.15, -0.1) is 11.3 Å². The maximum atomic E-state index is 5.07. The van der Waals surface area contributed by atoms with Crippen LogP contribution in [0.15, 0.2) is 199 Å². The number of para-hydroxylation sites is 1. The van der Waals surface area contributed by atoms with Crippen LogP contribution in [0.2, 0.25) is 0 Å². The minimum atomic E-state index is 0.881. The molecule has 2 nitrogen and oxygen atoms in total. The Morgan fingerprint density at radius 2 is 1.09 bits per heavy atom. The smallest absolute Gasteiger partial charge is 0.0675 e. The molecule has 9 aromatic carbocycles. The fourth-order valence-electron chi connectivity index (χ4n) is 9.39. The third kappa shape index (κ3) is 5.35. The van der Waals surface area contributed by atoms with Gasteiger partial charge in [0.15, 0.2) is 0 Å². The van der Waals surface area contributed by atoms with Crippen LogP contribution in [0.4, 0.5) is 22.7 Å². The van der Waals surface area contributed by atoms with Gasteiger partial charge < -0.3 is 4.90 Å². The van der Waals surface area contributed by atoms with Crippen LogP contribution in [-0.2, 0) is 12.8 Å². The highest BCUT2D eigenvalue weighted by Gasteiger charge is 2.25. The van der Waals surface area contributed by atoms with Crippen molar-refractivity contribution in [1.82, 2.24) is 0 Å². The molecule has 2 heterocycles. The largest absolute Gasteiger partial charge is 0.310 e. The van der Waals surface area contributed by atoms with E-state index >= 15 is 0 Å². The monoisotopic (exact) mass is 756 g/mol. The Morgan fingerprint density at radius 1 is 0.414 bits per heavy atom. The van der Waals surface area contributed by atoms with Gasteiger partial charge in [-0.1, -0.05) is 140 Å². The van der Waals surface area contributed by atoms with E-state index in [1.54, 1.807) is 0 Å². The lowest BCUT2D eigenvalue weighted by Gasteiger charge is -2.26. The van der Waals surface area contributed by atoms with Crippen LogP contribution in [0.25, 0.3) is 64.3 Å². The van der Waals surface area contributed by atoms with Crippen LogP contribution < -0.4 is 4.90 Å². The molecule has 1 aliphatic carbocycles. The summed E-state index contributed by atoms with van der Waals surface area (Å²) in [5.74, 6) is 0. The normalized spacial score (nSPS) is 12.8. The van der Waals surface area contributed by atoms with Crippen molar-refractivity contribution >= 4 is 70.7 Å². The molecular formula is C55H36N2S. The molecular weight excluding hydrogens is 721 g/mol. The fourth-order valence-corrected chi connectivity index (χ4v) is 10.5. The van der Waals surface area contributed by atoms with Gasteiger partial charge in [0, 0.05) is 38.0 Å². The molecule has 0 unspecified atom stereocenters. The molecule has 12 rings (SSSR count). The van der Waals surface area contributed by atoms with Gasteiger partial charge in [-0.05, 0) is 127 Å². The van der Waals surface area contributed by atoms with E-state index in [2.05, 4.69) is 199 Å². The Kier molecular flexibility index (Phi) is 7.57. The van der Waals surface area contributed by atoms with E-state index in [9.17, 15) is 0 Å². The molecule has 1 aliphatic heterocycles. The van der Waals surface area contributed by atoms with E-state index in [1.165, 1.54) is 92.3 Å². The first kappa shape index (κ1) is 33.1. The van der Waals surface area contributed by atoms with Gasteiger partial charge in [0.1, 0.15) is 0 Å². The lowest BCUT2D eigenvalue weighted by Crippen LogP contribution is -2.10. The van der Waals surface area contributed by atoms with Crippen molar-refractivity contribution in [1.29, 1.82) is 0 Å². The van der Waals surface area contributed by atoms with Crippen molar-refractivity contribution in [3.05, 3.63) is 216 Å². The van der Waals surface area contributed by atoms with Crippen LogP contribution in [0, 0.1) is 0 Å². The van der Waals surface area contributed by atoms with E-state index in [0.29, 0.717) is 0 Å². The molecule has 0 saturated carbocycles. The molecule has 0 amide bonds. The molecule has 0 atom stereocenters. The summed E-state index contributed by atoms with van der Waals surface area (Å²) >= 11 is 1.86. The summed E-state index contributed by atoms with van der Waals surface area (Å²) in [7, 11) is 0. The zero-order valence-corrected chi connectivity index (χ0v) is 32.5. The van der Waals surface area contributed by atoms with E-state index < -0.39 is 0 Å². The zero-order valence-electron chi connectivity index (χ0n) is 31.7. The number of thiophene rings is 1. The summed E-state index contributed by atoms with van der Waals surface area (Å²) in [6.45, 7) is 0. The van der Waals surface area contributed by atoms with E-state index in [1.807, 2.05) is 11.3 Å². The van der Waals surface area contributed by atoms with Crippen molar-refractivity contribution in [3.8, 4) is 33.4 Å². The topological polar surface area (TPSA) is 15.6 Å². The Hall–Kier alpha value is -7.07. The summed E-state index contributed by atoms with van der Waals surface area (Å²) in [6, 6.07) is 71.3. The van der Waals surface area contributed by atoms with Gasteiger partial charge >= 0.3 is 0 Å². The molecule has 0 radical (unpaired) electrons. The Labute approximate surface area is 341 Å². The van der Waals surface area contributed by atoms with Gasteiger partial charge in [0.05, 0.1) is 17.1 Å². The molecule has 2 aliphatic rings. The van der Waals surface area contributed by atoms with Crippen LogP contribution in [0.1, 0.15) is 22.3 Å². The summed E-state index contributed by atoms with van der Waals surface area (Å²) < 4.78 is 2.61. The summed E-state index contributed by atoms with van der Waals surface area (Å²) in [4.78, 5) is 7.48. The van der Waals surface area contributed by atoms with Gasteiger partial charge in [-0.2, -0.15) is 0 Å². The summed E-state index contributed by atoms with van der Waals surface area (Å²) in [5.41, 5.74) is 18.6. The number of aliphatic imine (C=N–C) groups is 1. The predicted octanol–water partition coefficient (Wildman–Crippen LogP) is 15.3. The molecule has 3 heteroatoms. The maximum absolute atomic E-state index is 5.07. The Bertz CT molecular complexity index is 3270. The average Bonchev–Trinajstić information content (AvgIpc) is 4.00. The van der Waals surface area contributed by atoms with Crippen molar-refractivity contribution in [2.75, 3.05) is 4.90 Å². The standard InChI is InChI=1S/C55H36N2S/c1-3-12-36(13-4-1)49-34-39-23-22-38(33-50(39)56-49)37-26-29-44-40(30-37)31-41-32-48(45-16-7-8-17-46(45)54(41)44)35-24-27-43(28-25-35)57(42-14-5-2-6-15-42)51-19-11-21-53-55(51)47-18-9-10-20-52(47)58-53/h1-30,32-33H,31,34H2. The second-order valence-electron chi connectivity index (χ2n) is 15.5. The Morgan fingerprint density at radius 3 is 1.93 bits per heavy atom. The predicted molar refractivity (Wildman–Crippen MR) is 247 cm³/mol. The zero-order chi connectivity index (χ0) is 38.2. The second-order valence-corrected chi connectivity index (χ2v) is 16.5. The first-order valence-electron chi connectivity index (χ1n) is 20.0. The number of fused-ring (bicyclic) bond motifs is 9. The summed E-state index contributed by atoms with van der Waals surface area (Å²) in [5, 5.41) is 5.19. The van der Waals surface area contributed by atoms with Crippen LogP contribution in [0.5, 0.6) is 0 Å². The van der Waals surface area contributed by atoms with Crippen LogP contribution in [-0.4, -0.2) is 5.71 Å². The number of nitrogens with zero attached hydrogens (tertiary/aromatic N) is 2. The molecule has 0 fully saturated rings. The maximum Gasteiger partial charge on any atom is 0.0675 e. The molecule has 0 bridgehead atoms. The highest BCUT2D eigenvalue weighted by atomic mass is 32.1. The van der Waals surface area contributed by atoms with Gasteiger partial charge in [-0.25, -0.2) is 0 Å². The number of hydrogen-bond donors (Lipinski definition) is 0. The third-order valence-corrected chi connectivity index (χ3v) is 13.2. The van der Waals surface area contributed by atoms with Crippen LogP contribution >= 0.6 is 11.3 Å². The first-order valence-corrected chi connectivity index (χ1v) is 20.9. The molecule has 0 saturated heterocycles. The second kappa shape index (κ2) is 13.3. The number of benzene rings is 9. The molecule has 272 valence electrons. The van der Waals surface area contributed by atoms with Gasteiger partial charge in [-0.3, -0.25) is 4.99 Å². The lowest BCUT2D eigenvalue weighted by atomic mass is 9.90. The molecule has 1 aromatic heterocycles. The molecule has 0 N–H and O–H groups in total. The lowest BCUT2D eigenvalue weighted by molar-refractivity contribution is 1.27. The average molecular weight is 757 g/mol. The quantitative estimate of drug-likeness (QED) is 0.165. The van der Waals surface area contributed by atoms with Crippen molar-refractivity contribution in [3.63, 3.8) is 0 Å². The molecule has 10 aromatic rings. The molecule has 0 spiro atoms. The summed E-state index contributed by atoms with van der Waals surface area (Å²) in [6.07, 6.45) is 1.79. The number of anilines is 3. The minimum absolute atomic E-state index is 0.881. The van der Waals surface area contributed by atoms with Crippen molar-refractivity contribution in [2.24, 2.45) is 4.99 Å². The highest BCUT2D eigenvalue weighted by Crippen LogP contribution is 2.48. The van der Waals surface area contributed by atoms with Crippen molar-refractivity contribution in [2.45, 2.75) is 12.8 Å². The van der Waals surface area contributed by atoms with Gasteiger partial charge in [0.2, 0.25) is 0 Å². The minimum Gasteiger partial charge on any atom is -0.310 e. The van der Waals surface area contributed by atoms with E-state index in [4.69, 9.17) is 4.99 Å². The number of rotatable bonds is 6. The Balaban J connectivity index is 0.912.